The molecule has 6 nitrogen and oxygen atoms in total. The summed E-state index contributed by atoms with van der Waals surface area (Å²) >= 11 is 0. The maximum atomic E-state index is 12.2. The Hall–Kier alpha value is -2.50. The molecular weight excluding hydrogens is 256 g/mol. The number of aromatic nitrogens is 2. The van der Waals surface area contributed by atoms with E-state index in [1.54, 1.807) is 10.9 Å². The lowest BCUT2D eigenvalue weighted by Crippen LogP contribution is -2.41. The van der Waals surface area contributed by atoms with E-state index in [0.29, 0.717) is 18.0 Å². The second-order valence-electron chi connectivity index (χ2n) is 4.77. The molecule has 0 saturated heterocycles. The predicted octanol–water partition coefficient (Wildman–Crippen LogP) is 1.54. The first-order valence-corrected chi connectivity index (χ1v) is 6.44. The van der Waals surface area contributed by atoms with Gasteiger partial charge in [-0.05, 0) is 19.1 Å². The molecule has 2 N–H and O–H groups in total. The zero-order valence-corrected chi connectivity index (χ0v) is 11.4. The molecule has 0 bridgehead atoms. The summed E-state index contributed by atoms with van der Waals surface area (Å²) in [6.45, 7) is 2.30. The zero-order chi connectivity index (χ0) is 14.1. The largest absolute Gasteiger partial charge is 0.477 e. The highest BCUT2D eigenvalue weighted by Crippen LogP contribution is 2.28. The van der Waals surface area contributed by atoms with Crippen molar-refractivity contribution in [2.45, 2.75) is 13.0 Å². The lowest BCUT2D eigenvalue weighted by Gasteiger charge is -2.26. The van der Waals surface area contributed by atoms with E-state index < -0.39 is 6.10 Å². The smallest absolute Gasteiger partial charge is 0.267 e. The Balaban J connectivity index is 1.72. The summed E-state index contributed by atoms with van der Waals surface area (Å²) in [6, 6.07) is 7.58. The third-order valence-electron chi connectivity index (χ3n) is 3.20. The molecule has 3 rings (SSSR count). The molecule has 0 fully saturated rings. The number of fused-ring (bicyclic) bond motifs is 1. The van der Waals surface area contributed by atoms with Crippen molar-refractivity contribution in [3.8, 4) is 5.75 Å². The number of hydrogen-bond donors (Lipinski definition) is 2. The van der Waals surface area contributed by atoms with E-state index in [2.05, 4.69) is 15.7 Å². The highest BCUT2D eigenvalue weighted by molar-refractivity contribution is 5.95. The summed E-state index contributed by atoms with van der Waals surface area (Å²) < 4.78 is 7.38. The minimum Gasteiger partial charge on any atom is -0.477 e. The van der Waals surface area contributed by atoms with Crippen molar-refractivity contribution in [2.75, 3.05) is 17.2 Å². The van der Waals surface area contributed by atoms with Crippen molar-refractivity contribution in [3.63, 3.8) is 0 Å². The van der Waals surface area contributed by atoms with Gasteiger partial charge in [-0.3, -0.25) is 9.48 Å². The van der Waals surface area contributed by atoms with Crippen LogP contribution in [0.5, 0.6) is 5.75 Å². The van der Waals surface area contributed by atoms with Crippen molar-refractivity contribution in [1.29, 1.82) is 0 Å². The Morgan fingerprint density at radius 2 is 2.30 bits per heavy atom. The van der Waals surface area contributed by atoms with Crippen LogP contribution in [0.25, 0.3) is 0 Å². The number of nitrogens with zero attached hydrogens (tertiary/aromatic N) is 2. The minimum atomic E-state index is -0.551. The molecule has 0 saturated carbocycles. The van der Waals surface area contributed by atoms with Gasteiger partial charge in [-0.25, -0.2) is 0 Å². The summed E-state index contributed by atoms with van der Waals surface area (Å²) in [7, 11) is 1.82. The molecule has 0 radical (unpaired) electrons. The molecule has 20 heavy (non-hydrogen) atoms. The van der Waals surface area contributed by atoms with Gasteiger partial charge in [-0.15, -0.1) is 0 Å². The van der Waals surface area contributed by atoms with Gasteiger partial charge in [0.05, 0.1) is 23.6 Å². The van der Waals surface area contributed by atoms with Crippen LogP contribution in [0.2, 0.25) is 0 Å². The SMILES string of the molecule is Cc1nn(C)cc1NC(=O)C1CNc2ccccc2O1. The highest BCUT2D eigenvalue weighted by Gasteiger charge is 2.26. The first-order chi connectivity index (χ1) is 9.63. The van der Waals surface area contributed by atoms with Crippen molar-refractivity contribution < 1.29 is 9.53 Å². The standard InChI is InChI=1S/C14H16N4O2/c1-9-11(8-18(2)17-9)16-14(19)13-7-15-10-5-3-4-6-12(10)20-13/h3-6,8,13,15H,7H2,1-2H3,(H,16,19). The van der Waals surface area contributed by atoms with Crippen LogP contribution in [-0.2, 0) is 11.8 Å². The molecule has 2 aromatic rings. The summed E-state index contributed by atoms with van der Waals surface area (Å²) in [6.07, 6.45) is 1.22. The van der Waals surface area contributed by atoms with Crippen molar-refractivity contribution in [2.24, 2.45) is 7.05 Å². The molecular formula is C14H16N4O2. The van der Waals surface area contributed by atoms with E-state index in [4.69, 9.17) is 4.74 Å². The van der Waals surface area contributed by atoms with E-state index in [-0.39, 0.29) is 5.91 Å². The number of ether oxygens (including phenoxy) is 1. The van der Waals surface area contributed by atoms with Crippen LogP contribution in [0.1, 0.15) is 5.69 Å². The molecule has 2 heterocycles. The molecule has 104 valence electrons. The van der Waals surface area contributed by atoms with E-state index >= 15 is 0 Å². The van der Waals surface area contributed by atoms with Crippen LogP contribution in [0.3, 0.4) is 0 Å². The van der Waals surface area contributed by atoms with Gasteiger partial charge in [0.1, 0.15) is 5.75 Å². The van der Waals surface area contributed by atoms with Crippen molar-refractivity contribution >= 4 is 17.3 Å². The number of rotatable bonds is 2. The van der Waals surface area contributed by atoms with Crippen LogP contribution in [0.15, 0.2) is 30.5 Å². The molecule has 1 unspecified atom stereocenters. The number of anilines is 2. The highest BCUT2D eigenvalue weighted by atomic mass is 16.5. The number of benzene rings is 1. The average Bonchev–Trinajstić information content (AvgIpc) is 2.76. The van der Waals surface area contributed by atoms with Gasteiger partial charge in [-0.1, -0.05) is 12.1 Å². The molecule has 1 atom stereocenters. The molecule has 1 amide bonds. The Kier molecular flexibility index (Phi) is 3.06. The number of nitrogens with one attached hydrogen (secondary N) is 2. The van der Waals surface area contributed by atoms with Crippen LogP contribution in [-0.4, -0.2) is 28.3 Å². The Bertz CT molecular complexity index is 650. The summed E-state index contributed by atoms with van der Waals surface area (Å²) in [5, 5.41) is 10.2. The van der Waals surface area contributed by atoms with Crippen LogP contribution < -0.4 is 15.4 Å². The predicted molar refractivity (Wildman–Crippen MR) is 75.9 cm³/mol. The lowest BCUT2D eigenvalue weighted by atomic mass is 10.2. The van der Waals surface area contributed by atoms with E-state index in [1.807, 2.05) is 38.2 Å². The Labute approximate surface area is 116 Å². The van der Waals surface area contributed by atoms with Crippen LogP contribution in [0.4, 0.5) is 11.4 Å². The maximum absolute atomic E-state index is 12.2. The molecule has 1 aliphatic heterocycles. The third-order valence-corrected chi connectivity index (χ3v) is 3.20. The van der Waals surface area contributed by atoms with Gasteiger partial charge >= 0.3 is 0 Å². The molecule has 0 aliphatic carbocycles. The van der Waals surface area contributed by atoms with Gasteiger partial charge in [0, 0.05) is 13.2 Å². The summed E-state index contributed by atoms with van der Waals surface area (Å²) in [5.74, 6) is 0.518. The second kappa shape index (κ2) is 4.88. The first kappa shape index (κ1) is 12.5. The Morgan fingerprint density at radius 1 is 1.50 bits per heavy atom. The molecule has 1 aliphatic rings. The fourth-order valence-electron chi connectivity index (χ4n) is 2.19. The third kappa shape index (κ3) is 2.32. The van der Waals surface area contributed by atoms with Gasteiger partial charge in [0.15, 0.2) is 6.10 Å². The normalized spacial score (nSPS) is 16.8. The van der Waals surface area contributed by atoms with E-state index in [1.165, 1.54) is 0 Å². The molecule has 1 aromatic heterocycles. The number of carbonyl (C=O) groups excluding carboxylic acids is 1. The van der Waals surface area contributed by atoms with Crippen molar-refractivity contribution in [3.05, 3.63) is 36.2 Å². The summed E-state index contributed by atoms with van der Waals surface area (Å²) in [4.78, 5) is 12.2. The zero-order valence-electron chi connectivity index (χ0n) is 11.4. The van der Waals surface area contributed by atoms with Crippen LogP contribution in [0, 0.1) is 6.92 Å². The monoisotopic (exact) mass is 272 g/mol. The van der Waals surface area contributed by atoms with Gasteiger partial charge in [-0.2, -0.15) is 5.10 Å². The number of amides is 1. The van der Waals surface area contributed by atoms with Gasteiger partial charge in [0.25, 0.3) is 5.91 Å². The fourth-order valence-corrected chi connectivity index (χ4v) is 2.19. The number of aryl methyl sites for hydroxylation is 2. The lowest BCUT2D eigenvalue weighted by molar-refractivity contribution is -0.122. The van der Waals surface area contributed by atoms with Gasteiger partial charge < -0.3 is 15.4 Å². The molecule has 6 heteroatoms. The number of para-hydroxylation sites is 2. The molecule has 0 spiro atoms. The summed E-state index contributed by atoms with van der Waals surface area (Å²) in [5.41, 5.74) is 2.40. The number of hydrogen-bond acceptors (Lipinski definition) is 4. The van der Waals surface area contributed by atoms with Crippen LogP contribution >= 0.6 is 0 Å². The van der Waals surface area contributed by atoms with E-state index in [0.717, 1.165) is 11.4 Å². The maximum Gasteiger partial charge on any atom is 0.267 e. The topological polar surface area (TPSA) is 68.2 Å². The quantitative estimate of drug-likeness (QED) is 0.870. The number of carbonyl (C=O) groups is 1. The minimum absolute atomic E-state index is 0.178. The average molecular weight is 272 g/mol. The van der Waals surface area contributed by atoms with E-state index in [9.17, 15) is 4.79 Å². The molecule has 1 aromatic carbocycles. The first-order valence-electron chi connectivity index (χ1n) is 6.44. The second-order valence-corrected chi connectivity index (χ2v) is 4.77. The van der Waals surface area contributed by atoms with Gasteiger partial charge in [0.2, 0.25) is 0 Å². The van der Waals surface area contributed by atoms with Crippen molar-refractivity contribution in [1.82, 2.24) is 9.78 Å². The fraction of sp³-hybridized carbons (Fsp3) is 0.286. The Morgan fingerprint density at radius 3 is 3.05 bits per heavy atom.